The summed E-state index contributed by atoms with van der Waals surface area (Å²) in [7, 11) is -0.320. The molecule has 0 bridgehead atoms. The van der Waals surface area contributed by atoms with Crippen molar-refractivity contribution in [1.82, 2.24) is 0 Å². The predicted octanol–water partition coefficient (Wildman–Crippen LogP) is 3.54. The third kappa shape index (κ3) is 2.74. The summed E-state index contributed by atoms with van der Waals surface area (Å²) in [5, 5.41) is 8.37. The van der Waals surface area contributed by atoms with Crippen LogP contribution in [-0.4, -0.2) is 24.0 Å². The van der Waals surface area contributed by atoms with Crippen LogP contribution in [0.2, 0.25) is 0 Å². The van der Waals surface area contributed by atoms with E-state index in [2.05, 4.69) is 27.7 Å². The van der Waals surface area contributed by atoms with Crippen molar-refractivity contribution < 1.29 is 9.31 Å². The van der Waals surface area contributed by atoms with Crippen LogP contribution in [0, 0.1) is 11.3 Å². The summed E-state index contributed by atoms with van der Waals surface area (Å²) in [6.07, 6.45) is 4.85. The Morgan fingerprint density at radius 2 is 1.50 bits per heavy atom. The predicted molar refractivity (Wildman–Crippen MR) is 90.9 cm³/mol. The van der Waals surface area contributed by atoms with Crippen LogP contribution in [-0.2, 0) is 9.31 Å². The molecular formula is C18H26BNO2. The first kappa shape index (κ1) is 15.8. The quantitative estimate of drug-likeness (QED) is 0.685. The minimum atomic E-state index is -0.320. The molecule has 1 saturated heterocycles. The first-order chi connectivity index (χ1) is 10.3. The SMILES string of the molecule is CC1(C)OB(c2ccc(C(=N)C3CCCC3)cc2)OC1(C)C. The maximum absolute atomic E-state index is 8.37. The molecule has 1 aliphatic carbocycles. The molecule has 0 radical (unpaired) electrons. The maximum atomic E-state index is 8.37. The highest BCUT2D eigenvalue weighted by Crippen LogP contribution is 2.36. The lowest BCUT2D eigenvalue weighted by atomic mass is 9.78. The fraction of sp³-hybridized carbons (Fsp3) is 0.611. The minimum absolute atomic E-state index is 0.313. The Kier molecular flexibility index (Phi) is 3.94. The fourth-order valence-electron chi connectivity index (χ4n) is 3.25. The standard InChI is InChI=1S/C18H26BNO2/c1-17(2)18(3,4)22-19(21-17)15-11-9-14(10-12-15)16(20)13-7-5-6-8-13/h9-13,20H,5-8H2,1-4H3. The topological polar surface area (TPSA) is 42.3 Å². The first-order valence-electron chi connectivity index (χ1n) is 8.34. The van der Waals surface area contributed by atoms with E-state index < -0.39 is 0 Å². The Morgan fingerprint density at radius 1 is 1.00 bits per heavy atom. The van der Waals surface area contributed by atoms with Gasteiger partial charge in [0, 0.05) is 11.6 Å². The molecule has 1 saturated carbocycles. The van der Waals surface area contributed by atoms with Crippen LogP contribution in [0.25, 0.3) is 0 Å². The molecule has 3 rings (SSSR count). The van der Waals surface area contributed by atoms with Gasteiger partial charge in [-0.3, -0.25) is 0 Å². The molecule has 0 atom stereocenters. The van der Waals surface area contributed by atoms with Crippen molar-refractivity contribution >= 4 is 18.3 Å². The van der Waals surface area contributed by atoms with Gasteiger partial charge in [-0.2, -0.15) is 0 Å². The smallest absolute Gasteiger partial charge is 0.399 e. The molecule has 0 aromatic heterocycles. The van der Waals surface area contributed by atoms with Crippen LogP contribution < -0.4 is 5.46 Å². The molecule has 1 aliphatic heterocycles. The van der Waals surface area contributed by atoms with E-state index in [9.17, 15) is 0 Å². The fourth-order valence-corrected chi connectivity index (χ4v) is 3.25. The average molecular weight is 299 g/mol. The van der Waals surface area contributed by atoms with Crippen molar-refractivity contribution in [2.24, 2.45) is 5.92 Å². The van der Waals surface area contributed by atoms with E-state index in [0.717, 1.165) is 29.6 Å². The van der Waals surface area contributed by atoms with E-state index in [-0.39, 0.29) is 18.3 Å². The molecule has 0 unspecified atom stereocenters. The zero-order chi connectivity index (χ0) is 16.0. The van der Waals surface area contributed by atoms with Crippen LogP contribution in [0.4, 0.5) is 0 Å². The highest BCUT2D eigenvalue weighted by Gasteiger charge is 2.51. The van der Waals surface area contributed by atoms with Gasteiger partial charge in [0.15, 0.2) is 0 Å². The van der Waals surface area contributed by atoms with Gasteiger partial charge in [-0.25, -0.2) is 0 Å². The Balaban J connectivity index is 1.74. The minimum Gasteiger partial charge on any atom is -0.399 e. The highest BCUT2D eigenvalue weighted by atomic mass is 16.7. The van der Waals surface area contributed by atoms with Crippen molar-refractivity contribution in [1.29, 1.82) is 5.41 Å². The van der Waals surface area contributed by atoms with Gasteiger partial charge < -0.3 is 14.7 Å². The lowest BCUT2D eigenvalue weighted by Gasteiger charge is -2.32. The molecule has 1 aromatic carbocycles. The van der Waals surface area contributed by atoms with Gasteiger partial charge >= 0.3 is 7.12 Å². The lowest BCUT2D eigenvalue weighted by molar-refractivity contribution is 0.00578. The number of hydrogen-bond acceptors (Lipinski definition) is 3. The Hall–Kier alpha value is -1.13. The monoisotopic (exact) mass is 299 g/mol. The molecule has 2 fully saturated rings. The molecule has 1 aromatic rings. The zero-order valence-electron chi connectivity index (χ0n) is 14.1. The second-order valence-corrected chi connectivity index (χ2v) is 7.61. The third-order valence-electron chi connectivity index (χ3n) is 5.51. The zero-order valence-corrected chi connectivity index (χ0v) is 14.1. The van der Waals surface area contributed by atoms with Gasteiger partial charge in [-0.1, -0.05) is 37.1 Å². The maximum Gasteiger partial charge on any atom is 0.494 e. The molecule has 0 amide bonds. The summed E-state index contributed by atoms with van der Waals surface area (Å²) < 4.78 is 12.1. The molecule has 3 nitrogen and oxygen atoms in total. The highest BCUT2D eigenvalue weighted by molar-refractivity contribution is 6.62. The number of benzene rings is 1. The van der Waals surface area contributed by atoms with E-state index in [1.54, 1.807) is 0 Å². The van der Waals surface area contributed by atoms with Gasteiger partial charge in [0.1, 0.15) is 0 Å². The van der Waals surface area contributed by atoms with E-state index in [4.69, 9.17) is 14.7 Å². The molecule has 22 heavy (non-hydrogen) atoms. The summed E-state index contributed by atoms with van der Waals surface area (Å²) in [5.74, 6) is 0.447. The lowest BCUT2D eigenvalue weighted by Crippen LogP contribution is -2.41. The summed E-state index contributed by atoms with van der Waals surface area (Å²) in [4.78, 5) is 0. The molecule has 2 aliphatic rings. The van der Waals surface area contributed by atoms with E-state index in [1.807, 2.05) is 24.3 Å². The van der Waals surface area contributed by atoms with Crippen LogP contribution in [0.1, 0.15) is 58.9 Å². The van der Waals surface area contributed by atoms with Gasteiger partial charge in [-0.05, 0) is 51.6 Å². The molecule has 4 heteroatoms. The van der Waals surface area contributed by atoms with E-state index in [0.29, 0.717) is 5.92 Å². The van der Waals surface area contributed by atoms with E-state index >= 15 is 0 Å². The van der Waals surface area contributed by atoms with E-state index in [1.165, 1.54) is 12.8 Å². The van der Waals surface area contributed by atoms with Crippen molar-refractivity contribution in [3.63, 3.8) is 0 Å². The number of nitrogens with one attached hydrogen (secondary N) is 1. The number of rotatable bonds is 3. The second-order valence-electron chi connectivity index (χ2n) is 7.61. The summed E-state index contributed by atoms with van der Waals surface area (Å²) in [5.41, 5.74) is 2.23. The largest absolute Gasteiger partial charge is 0.494 e. The molecule has 1 heterocycles. The molecule has 0 spiro atoms. The van der Waals surface area contributed by atoms with Crippen LogP contribution >= 0.6 is 0 Å². The van der Waals surface area contributed by atoms with Crippen molar-refractivity contribution in [2.75, 3.05) is 0 Å². The van der Waals surface area contributed by atoms with Gasteiger partial charge in [0.25, 0.3) is 0 Å². The summed E-state index contributed by atoms with van der Waals surface area (Å²) in [6, 6.07) is 8.17. The third-order valence-corrected chi connectivity index (χ3v) is 5.51. The molecule has 1 N–H and O–H groups in total. The summed E-state index contributed by atoms with van der Waals surface area (Å²) in [6.45, 7) is 8.27. The van der Waals surface area contributed by atoms with Crippen LogP contribution in [0.15, 0.2) is 24.3 Å². The molecular weight excluding hydrogens is 273 g/mol. The van der Waals surface area contributed by atoms with Gasteiger partial charge in [0.2, 0.25) is 0 Å². The van der Waals surface area contributed by atoms with Gasteiger partial charge in [-0.15, -0.1) is 0 Å². The van der Waals surface area contributed by atoms with Crippen LogP contribution in [0.3, 0.4) is 0 Å². The Labute approximate surface area is 134 Å². The Bertz CT molecular complexity index is 543. The summed E-state index contributed by atoms with van der Waals surface area (Å²) >= 11 is 0. The molecule has 118 valence electrons. The van der Waals surface area contributed by atoms with Crippen LogP contribution in [0.5, 0.6) is 0 Å². The van der Waals surface area contributed by atoms with Gasteiger partial charge in [0.05, 0.1) is 11.2 Å². The first-order valence-corrected chi connectivity index (χ1v) is 8.34. The van der Waals surface area contributed by atoms with Crippen molar-refractivity contribution in [2.45, 2.75) is 64.6 Å². The Morgan fingerprint density at radius 3 is 2.00 bits per heavy atom. The van der Waals surface area contributed by atoms with Crippen molar-refractivity contribution in [3.8, 4) is 0 Å². The van der Waals surface area contributed by atoms with Crippen molar-refractivity contribution in [3.05, 3.63) is 29.8 Å². The normalized spacial score (nSPS) is 23.9. The number of hydrogen-bond donors (Lipinski definition) is 1. The second kappa shape index (κ2) is 5.50. The average Bonchev–Trinajstić information content (AvgIpc) is 3.05.